The first-order valence-corrected chi connectivity index (χ1v) is 15.5. The molecule has 2 saturated carbocycles. The zero-order chi connectivity index (χ0) is 28.6. The van der Waals surface area contributed by atoms with Crippen molar-refractivity contribution in [1.82, 2.24) is 14.9 Å². The van der Waals surface area contributed by atoms with Crippen molar-refractivity contribution in [2.45, 2.75) is 114 Å². The van der Waals surface area contributed by atoms with Gasteiger partial charge in [0.15, 0.2) is 5.78 Å². The van der Waals surface area contributed by atoms with Gasteiger partial charge >= 0.3 is 6.09 Å². The molecule has 0 radical (unpaired) electrons. The van der Waals surface area contributed by atoms with E-state index < -0.39 is 68.2 Å². The summed E-state index contributed by atoms with van der Waals surface area (Å²) in [7, 11) is -3.79. The molecule has 3 N–H and O–H groups in total. The van der Waals surface area contributed by atoms with Crippen molar-refractivity contribution in [2.24, 2.45) is 11.3 Å². The molecule has 5 atom stereocenters. The number of hydrogen-bond acceptors (Lipinski definition) is 8. The number of rotatable bonds is 4. The molecule has 218 valence electrons. The van der Waals surface area contributed by atoms with E-state index in [4.69, 9.17) is 4.74 Å². The molecule has 12 heteroatoms. The van der Waals surface area contributed by atoms with Gasteiger partial charge in [-0.15, -0.1) is 0 Å². The van der Waals surface area contributed by atoms with Gasteiger partial charge in [0.2, 0.25) is 21.8 Å². The first-order valence-electron chi connectivity index (χ1n) is 14.0. The smallest absolute Gasteiger partial charge is 0.408 e. The van der Waals surface area contributed by atoms with Crippen molar-refractivity contribution >= 4 is 33.7 Å². The number of ether oxygens (including phenoxy) is 1. The van der Waals surface area contributed by atoms with Gasteiger partial charge in [0.1, 0.15) is 11.6 Å². The van der Waals surface area contributed by atoms with Crippen molar-refractivity contribution in [3.63, 3.8) is 0 Å². The number of alkyl carbamates (subject to hydrolysis) is 1. The van der Waals surface area contributed by atoms with Crippen LogP contribution in [0.3, 0.4) is 0 Å². The number of aliphatic hydroxyl groups excluding tert-OH is 1. The van der Waals surface area contributed by atoms with Gasteiger partial charge in [-0.25, -0.2) is 13.2 Å². The summed E-state index contributed by atoms with van der Waals surface area (Å²) in [6.45, 7) is 5.09. The fraction of sp³-hybridized carbons (Fsp3) is 0.778. The molecule has 0 aromatic carbocycles. The molecule has 0 aromatic heterocycles. The van der Waals surface area contributed by atoms with E-state index in [0.717, 1.165) is 19.3 Å². The number of allylic oxidation sites excluding steroid dienone is 2. The van der Waals surface area contributed by atoms with Gasteiger partial charge in [-0.2, -0.15) is 0 Å². The Morgan fingerprint density at radius 1 is 1.13 bits per heavy atom. The van der Waals surface area contributed by atoms with Crippen LogP contribution in [0.25, 0.3) is 0 Å². The molecule has 1 saturated heterocycles. The van der Waals surface area contributed by atoms with Crippen LogP contribution in [-0.2, 0) is 29.1 Å². The van der Waals surface area contributed by atoms with E-state index in [1.807, 2.05) is 12.2 Å². The second-order valence-electron chi connectivity index (χ2n) is 12.4. The maximum atomic E-state index is 13.7. The average molecular weight is 568 g/mol. The van der Waals surface area contributed by atoms with E-state index in [9.17, 15) is 32.7 Å². The highest BCUT2D eigenvalue weighted by atomic mass is 32.2. The standard InChI is InChI=1S/C27H41N3O8S/c1-26(2,3)38-25(35)28-20-10-8-6-4-5-7-9-17-14-27(17,24(34)29-39(36,37)19-11-12-19)15-22(32)21-13-18(31)16-30(21)23(20)33/h7,9,17-21,31H,4-6,8,10-16H2,1-3H3,(H,28,35)(H,29,34)/b9-7-/t17-,18-,20+,21+,27-/m1/s1. The Morgan fingerprint density at radius 2 is 1.85 bits per heavy atom. The molecule has 3 fully saturated rings. The Balaban J connectivity index is 1.57. The Morgan fingerprint density at radius 3 is 2.51 bits per heavy atom. The van der Waals surface area contributed by atoms with Gasteiger partial charge in [-0.3, -0.25) is 19.1 Å². The predicted octanol–water partition coefficient (Wildman–Crippen LogP) is 1.94. The van der Waals surface area contributed by atoms with Gasteiger partial charge in [0.05, 0.1) is 22.8 Å². The number of amides is 3. The Labute approximate surface area is 230 Å². The van der Waals surface area contributed by atoms with E-state index in [-0.39, 0.29) is 25.3 Å². The summed E-state index contributed by atoms with van der Waals surface area (Å²) in [5.74, 6) is -1.84. The zero-order valence-electron chi connectivity index (χ0n) is 23.0. The Hall–Kier alpha value is -2.47. The summed E-state index contributed by atoms with van der Waals surface area (Å²) in [5, 5.41) is 12.5. The average Bonchev–Trinajstić information content (AvgIpc) is 3.73. The second-order valence-corrected chi connectivity index (χ2v) is 14.4. The van der Waals surface area contributed by atoms with E-state index in [1.165, 1.54) is 4.90 Å². The number of Topliss-reactive ketones (excluding diaryl/α,β-unsaturated/α-hetero) is 1. The number of carbonyl (C=O) groups excluding carboxylic acids is 4. The van der Waals surface area contributed by atoms with Crippen LogP contribution in [0.1, 0.15) is 85.0 Å². The summed E-state index contributed by atoms with van der Waals surface area (Å²) in [6.07, 6.45) is 6.70. The van der Waals surface area contributed by atoms with Crippen LogP contribution >= 0.6 is 0 Å². The summed E-state index contributed by atoms with van der Waals surface area (Å²) in [4.78, 5) is 54.4. The molecular formula is C27H41N3O8S. The molecule has 3 amide bonds. The number of ketones is 1. The molecule has 0 aromatic rings. The van der Waals surface area contributed by atoms with Crippen LogP contribution in [0.15, 0.2) is 12.2 Å². The predicted molar refractivity (Wildman–Crippen MR) is 142 cm³/mol. The molecule has 4 rings (SSSR count). The first kappa shape index (κ1) is 29.5. The van der Waals surface area contributed by atoms with Crippen LogP contribution < -0.4 is 10.0 Å². The molecule has 11 nitrogen and oxygen atoms in total. The number of aliphatic hydroxyl groups is 1. The number of nitrogens with one attached hydrogen (secondary N) is 2. The number of nitrogens with zero attached hydrogens (tertiary/aromatic N) is 1. The van der Waals surface area contributed by atoms with Crippen LogP contribution in [0, 0.1) is 11.3 Å². The lowest BCUT2D eigenvalue weighted by Gasteiger charge is -2.30. The zero-order valence-corrected chi connectivity index (χ0v) is 23.8. The van der Waals surface area contributed by atoms with Crippen molar-refractivity contribution in [3.05, 3.63) is 12.2 Å². The highest BCUT2D eigenvalue weighted by Crippen LogP contribution is 2.57. The van der Waals surface area contributed by atoms with Gasteiger partial charge in [-0.05, 0) is 65.2 Å². The van der Waals surface area contributed by atoms with Gasteiger partial charge < -0.3 is 20.1 Å². The molecule has 39 heavy (non-hydrogen) atoms. The van der Waals surface area contributed by atoms with Crippen LogP contribution in [0.4, 0.5) is 4.79 Å². The van der Waals surface area contributed by atoms with Crippen LogP contribution in [0.5, 0.6) is 0 Å². The highest BCUT2D eigenvalue weighted by Gasteiger charge is 2.61. The first-order chi connectivity index (χ1) is 18.2. The quantitative estimate of drug-likeness (QED) is 0.435. The van der Waals surface area contributed by atoms with Gasteiger partial charge in [0, 0.05) is 19.4 Å². The van der Waals surface area contributed by atoms with E-state index in [1.54, 1.807) is 20.8 Å². The molecule has 0 unspecified atom stereocenters. The largest absolute Gasteiger partial charge is 0.444 e. The minimum atomic E-state index is -3.79. The minimum absolute atomic E-state index is 0.0162. The summed E-state index contributed by atoms with van der Waals surface area (Å²) in [5.41, 5.74) is -1.96. The molecular weight excluding hydrogens is 526 g/mol. The summed E-state index contributed by atoms with van der Waals surface area (Å²) < 4.78 is 32.6. The topological polar surface area (TPSA) is 159 Å². The third-order valence-electron chi connectivity index (χ3n) is 7.93. The normalized spacial score (nSPS) is 33.2. The molecule has 0 bridgehead atoms. The maximum absolute atomic E-state index is 13.7. The van der Waals surface area contributed by atoms with Crippen molar-refractivity contribution in [1.29, 1.82) is 0 Å². The van der Waals surface area contributed by atoms with E-state index >= 15 is 0 Å². The number of sulfonamides is 1. The fourth-order valence-electron chi connectivity index (χ4n) is 5.57. The summed E-state index contributed by atoms with van der Waals surface area (Å²) >= 11 is 0. The maximum Gasteiger partial charge on any atom is 0.408 e. The lowest BCUT2D eigenvalue weighted by molar-refractivity contribution is -0.140. The monoisotopic (exact) mass is 567 g/mol. The van der Waals surface area contributed by atoms with Crippen molar-refractivity contribution in [3.8, 4) is 0 Å². The number of fused-ring (bicyclic) bond motifs is 2. The number of hydrogen-bond donors (Lipinski definition) is 3. The van der Waals surface area contributed by atoms with Crippen molar-refractivity contribution < 1.29 is 37.4 Å². The third-order valence-corrected chi connectivity index (χ3v) is 9.75. The van der Waals surface area contributed by atoms with Crippen molar-refractivity contribution in [2.75, 3.05) is 6.54 Å². The minimum Gasteiger partial charge on any atom is -0.444 e. The molecule has 0 spiro atoms. The molecule has 2 heterocycles. The van der Waals surface area contributed by atoms with Crippen LogP contribution in [-0.4, -0.2) is 77.7 Å². The second kappa shape index (κ2) is 11.2. The fourth-order valence-corrected chi connectivity index (χ4v) is 6.95. The lowest BCUT2D eigenvalue weighted by atomic mass is 9.91. The third kappa shape index (κ3) is 7.19. The SMILES string of the molecule is CC(C)(C)OC(=O)N[C@H]1CCCCC/C=C\[C@@H]2C[C@@]2(C(=O)NS(=O)(=O)C2CC2)CC(=O)[C@@H]2C[C@@H](O)CN2C1=O. The molecule has 4 aliphatic rings. The Bertz CT molecular complexity index is 1130. The van der Waals surface area contributed by atoms with Gasteiger partial charge in [0.25, 0.3) is 0 Å². The molecule has 2 aliphatic carbocycles. The van der Waals surface area contributed by atoms with Crippen LogP contribution in [0.2, 0.25) is 0 Å². The lowest BCUT2D eigenvalue weighted by Crippen LogP contribution is -2.53. The van der Waals surface area contributed by atoms with E-state index in [2.05, 4.69) is 10.0 Å². The Kier molecular flexibility index (Phi) is 8.47. The highest BCUT2D eigenvalue weighted by molar-refractivity contribution is 7.90. The van der Waals surface area contributed by atoms with E-state index in [0.29, 0.717) is 32.1 Å². The number of carbonyl (C=O) groups is 4. The molecule has 2 aliphatic heterocycles. The summed E-state index contributed by atoms with van der Waals surface area (Å²) in [6, 6.07) is -1.91. The van der Waals surface area contributed by atoms with Gasteiger partial charge in [-0.1, -0.05) is 25.0 Å².